The van der Waals surface area contributed by atoms with Gasteiger partial charge in [0.2, 0.25) is 10.0 Å². The zero-order chi connectivity index (χ0) is 26.4. The maximum atomic E-state index is 13.5. The van der Waals surface area contributed by atoms with Gasteiger partial charge in [0.15, 0.2) is 9.84 Å². The highest BCUT2D eigenvalue weighted by Gasteiger charge is 2.40. The van der Waals surface area contributed by atoms with Crippen LogP contribution in [0.1, 0.15) is 41.8 Å². The molecule has 0 aromatic heterocycles. The minimum Gasteiger partial charge on any atom is -0.368 e. The molecule has 0 radical (unpaired) electrons. The molecule has 0 spiro atoms. The molecule has 8 nitrogen and oxygen atoms in total. The molecule has 2 heterocycles. The molecular formula is C26H35N3O5S2. The third-order valence-electron chi connectivity index (χ3n) is 7.15. The molecule has 196 valence electrons. The van der Waals surface area contributed by atoms with Crippen molar-refractivity contribution in [2.45, 2.75) is 45.1 Å². The number of nitrogens with zero attached hydrogens (tertiary/aromatic N) is 3. The van der Waals surface area contributed by atoms with Gasteiger partial charge in [-0.1, -0.05) is 31.5 Å². The summed E-state index contributed by atoms with van der Waals surface area (Å²) >= 11 is 0. The van der Waals surface area contributed by atoms with Gasteiger partial charge in [-0.25, -0.2) is 16.8 Å². The Bertz CT molecular complexity index is 1380. The standard InChI is InChI=1S/C26H35N3O5S2/c1-18(2)23-10-15-36(33,34)29(23)21-7-8-22(25(17-21)35(5,31)32)26(30)28-13-11-27(12-14-28)24-9-6-19(3)16-20(24)4/h6-9,16-18,23H,10-15H2,1-5H3/t23-/m1/s1. The highest BCUT2D eigenvalue weighted by atomic mass is 32.2. The Morgan fingerprint density at radius 1 is 1.00 bits per heavy atom. The fourth-order valence-electron chi connectivity index (χ4n) is 5.26. The Kier molecular flexibility index (Phi) is 7.13. The zero-order valence-corrected chi connectivity index (χ0v) is 23.2. The van der Waals surface area contributed by atoms with Crippen LogP contribution < -0.4 is 9.21 Å². The number of carbonyl (C=O) groups is 1. The van der Waals surface area contributed by atoms with Crippen molar-refractivity contribution in [2.24, 2.45) is 5.92 Å². The van der Waals surface area contributed by atoms with E-state index in [1.165, 1.54) is 27.6 Å². The summed E-state index contributed by atoms with van der Waals surface area (Å²) in [5.74, 6) is -0.263. The third kappa shape index (κ3) is 5.11. The number of anilines is 2. The minimum absolute atomic E-state index is 0.0233. The summed E-state index contributed by atoms with van der Waals surface area (Å²) in [5.41, 5.74) is 3.90. The van der Waals surface area contributed by atoms with E-state index in [9.17, 15) is 21.6 Å². The lowest BCUT2D eigenvalue weighted by Gasteiger charge is -2.37. The highest BCUT2D eigenvalue weighted by Crippen LogP contribution is 2.35. The molecule has 2 aliphatic rings. The number of piperazine rings is 1. The SMILES string of the molecule is Cc1ccc(N2CCN(C(=O)c3ccc(N4[C@@H](C(C)C)CCS4(=O)=O)cc3S(C)(=O)=O)CC2)c(C)c1. The second-order valence-corrected chi connectivity index (χ2v) is 14.2. The normalized spacial score (nSPS) is 20.3. The van der Waals surface area contributed by atoms with Crippen molar-refractivity contribution in [3.05, 3.63) is 53.1 Å². The van der Waals surface area contributed by atoms with Crippen LogP contribution in [-0.4, -0.2) is 71.9 Å². The van der Waals surface area contributed by atoms with Gasteiger partial charge in [0.25, 0.3) is 5.91 Å². The molecule has 0 N–H and O–H groups in total. The number of benzene rings is 2. The topological polar surface area (TPSA) is 95.1 Å². The molecule has 0 aliphatic carbocycles. The Labute approximate surface area is 214 Å². The molecule has 10 heteroatoms. The third-order valence-corrected chi connectivity index (χ3v) is 10.1. The van der Waals surface area contributed by atoms with Crippen molar-refractivity contribution in [3.63, 3.8) is 0 Å². The Morgan fingerprint density at radius 2 is 1.67 bits per heavy atom. The maximum Gasteiger partial charge on any atom is 0.255 e. The van der Waals surface area contributed by atoms with Crippen molar-refractivity contribution >= 4 is 37.1 Å². The van der Waals surface area contributed by atoms with E-state index >= 15 is 0 Å². The van der Waals surface area contributed by atoms with Crippen LogP contribution in [0, 0.1) is 19.8 Å². The van der Waals surface area contributed by atoms with Crippen LogP contribution in [0.15, 0.2) is 41.3 Å². The zero-order valence-electron chi connectivity index (χ0n) is 21.6. The minimum atomic E-state index is -3.79. The van der Waals surface area contributed by atoms with Gasteiger partial charge >= 0.3 is 0 Å². The van der Waals surface area contributed by atoms with Crippen molar-refractivity contribution < 1.29 is 21.6 Å². The van der Waals surface area contributed by atoms with E-state index in [4.69, 9.17) is 0 Å². The van der Waals surface area contributed by atoms with Crippen LogP contribution >= 0.6 is 0 Å². The number of carbonyl (C=O) groups excluding carboxylic acids is 1. The van der Waals surface area contributed by atoms with Gasteiger partial charge in [-0.3, -0.25) is 9.10 Å². The summed E-state index contributed by atoms with van der Waals surface area (Å²) in [7, 11) is -7.34. The molecular weight excluding hydrogens is 498 g/mol. The van der Waals surface area contributed by atoms with Gasteiger partial charge in [-0.2, -0.15) is 0 Å². The monoisotopic (exact) mass is 533 g/mol. The molecule has 4 rings (SSSR count). The molecule has 1 atom stereocenters. The first kappa shape index (κ1) is 26.5. The number of sulfone groups is 1. The van der Waals surface area contributed by atoms with Crippen LogP contribution in [-0.2, 0) is 19.9 Å². The summed E-state index contributed by atoms with van der Waals surface area (Å²) in [6.45, 7) is 10.2. The molecule has 2 aliphatic heterocycles. The van der Waals surface area contributed by atoms with Crippen LogP contribution in [0.2, 0.25) is 0 Å². The molecule has 0 saturated carbocycles. The number of hydrogen-bond acceptors (Lipinski definition) is 6. The van der Waals surface area contributed by atoms with Crippen molar-refractivity contribution in [3.8, 4) is 0 Å². The van der Waals surface area contributed by atoms with E-state index in [-0.39, 0.29) is 34.1 Å². The van der Waals surface area contributed by atoms with Crippen LogP contribution in [0.25, 0.3) is 0 Å². The lowest BCUT2D eigenvalue weighted by atomic mass is 10.0. The van der Waals surface area contributed by atoms with Gasteiger partial charge in [0.05, 0.1) is 21.9 Å². The van der Waals surface area contributed by atoms with Crippen LogP contribution in [0.3, 0.4) is 0 Å². The number of hydrogen-bond donors (Lipinski definition) is 0. The van der Waals surface area contributed by atoms with Gasteiger partial charge in [-0.15, -0.1) is 0 Å². The molecule has 0 unspecified atom stereocenters. The van der Waals surface area contributed by atoms with Crippen molar-refractivity contribution in [2.75, 3.05) is 47.4 Å². The largest absolute Gasteiger partial charge is 0.368 e. The first-order chi connectivity index (χ1) is 16.8. The molecule has 1 amide bonds. The van der Waals surface area contributed by atoms with Crippen LogP contribution in [0.4, 0.5) is 11.4 Å². The Hall–Kier alpha value is -2.59. The quantitative estimate of drug-likeness (QED) is 0.586. The first-order valence-electron chi connectivity index (χ1n) is 12.3. The van der Waals surface area contributed by atoms with Gasteiger partial charge in [0.1, 0.15) is 0 Å². The van der Waals surface area contributed by atoms with E-state index in [2.05, 4.69) is 36.9 Å². The van der Waals surface area contributed by atoms with Gasteiger partial charge in [0, 0.05) is 44.2 Å². The van der Waals surface area contributed by atoms with E-state index in [0.717, 1.165) is 11.9 Å². The number of aryl methyl sites for hydroxylation is 2. The van der Waals surface area contributed by atoms with Crippen molar-refractivity contribution in [1.82, 2.24) is 4.90 Å². The van der Waals surface area contributed by atoms with E-state index < -0.39 is 19.9 Å². The molecule has 2 aromatic rings. The van der Waals surface area contributed by atoms with E-state index in [0.29, 0.717) is 38.3 Å². The number of sulfonamides is 1. The second kappa shape index (κ2) is 9.70. The molecule has 36 heavy (non-hydrogen) atoms. The summed E-state index contributed by atoms with van der Waals surface area (Å²) in [4.78, 5) is 17.2. The average molecular weight is 534 g/mol. The summed E-state index contributed by atoms with van der Waals surface area (Å²) in [6.07, 6.45) is 1.54. The fraction of sp³-hybridized carbons (Fsp3) is 0.500. The maximum absolute atomic E-state index is 13.5. The molecule has 2 saturated heterocycles. The van der Waals surface area contributed by atoms with Gasteiger partial charge in [-0.05, 0) is 56.0 Å². The molecule has 0 bridgehead atoms. The molecule has 2 aromatic carbocycles. The smallest absolute Gasteiger partial charge is 0.255 e. The Morgan fingerprint density at radius 3 is 2.25 bits per heavy atom. The number of rotatable bonds is 5. The summed E-state index contributed by atoms with van der Waals surface area (Å²) < 4.78 is 52.4. The van der Waals surface area contributed by atoms with E-state index in [1.54, 1.807) is 11.0 Å². The molecule has 2 fully saturated rings. The van der Waals surface area contributed by atoms with Crippen LogP contribution in [0.5, 0.6) is 0 Å². The fourth-order valence-corrected chi connectivity index (χ4v) is 8.08. The van der Waals surface area contributed by atoms with Gasteiger partial charge < -0.3 is 9.80 Å². The van der Waals surface area contributed by atoms with Crippen molar-refractivity contribution in [1.29, 1.82) is 0 Å². The number of amides is 1. The second-order valence-electron chi connectivity index (χ2n) is 10.2. The summed E-state index contributed by atoms with van der Waals surface area (Å²) in [5, 5.41) is 0. The first-order valence-corrected chi connectivity index (χ1v) is 15.8. The average Bonchev–Trinajstić information content (AvgIpc) is 3.13. The predicted octanol–water partition coefficient (Wildman–Crippen LogP) is 3.23. The summed E-state index contributed by atoms with van der Waals surface area (Å²) in [6, 6.07) is 10.4. The lowest BCUT2D eigenvalue weighted by Crippen LogP contribution is -2.49. The predicted molar refractivity (Wildman–Crippen MR) is 143 cm³/mol. The Balaban J connectivity index is 1.61. The lowest BCUT2D eigenvalue weighted by molar-refractivity contribution is 0.0743. The van der Waals surface area contributed by atoms with E-state index in [1.807, 2.05) is 13.8 Å². The highest BCUT2D eigenvalue weighted by molar-refractivity contribution is 7.93.